The van der Waals surface area contributed by atoms with E-state index in [1.807, 2.05) is 16.8 Å². The normalized spacial score (nSPS) is 16.2. The van der Waals surface area contributed by atoms with Crippen molar-refractivity contribution < 1.29 is 4.70 Å². The first-order valence-corrected chi connectivity index (χ1v) is 28.2. The van der Waals surface area contributed by atoms with Gasteiger partial charge in [-0.05, 0) is 183 Å². The number of nitrogens with zero attached hydrogens (tertiary/aromatic N) is 10. The summed E-state index contributed by atoms with van der Waals surface area (Å²) in [5.41, 5.74) is 8.78. The first-order chi connectivity index (χ1) is 38.1. The molecule has 0 amide bonds. The lowest BCUT2D eigenvalue weighted by Gasteiger charge is -2.17. The van der Waals surface area contributed by atoms with Crippen molar-refractivity contribution >= 4 is 92.3 Å². The number of hydrogen-bond donors (Lipinski definition) is 10. The molecule has 1 unspecified atom stereocenters. The zero-order valence-corrected chi connectivity index (χ0v) is 49.3. The zero-order valence-electron chi connectivity index (χ0n) is 49.3. The molecule has 6 bridgehead atoms. The molecule has 9 rings (SSSR count). The van der Waals surface area contributed by atoms with Gasteiger partial charge in [-0.1, -0.05) is 11.2 Å². The molecule has 4 aliphatic heterocycles. The van der Waals surface area contributed by atoms with Gasteiger partial charge in [-0.25, -0.2) is 9.98 Å². The molecule has 5 heterocycles. The minimum Gasteiger partial charge on any atom is -0.354 e. The summed E-state index contributed by atoms with van der Waals surface area (Å²) in [5.74, 6) is 6.20. The molecule has 1 aromatic heterocycles. The van der Waals surface area contributed by atoms with E-state index in [0.29, 0.717) is 65.4 Å². The highest BCUT2D eigenvalue weighted by Crippen LogP contribution is 2.40. The van der Waals surface area contributed by atoms with Gasteiger partial charge >= 0.3 is 5.84 Å². The SMILES string of the molecule is CC(C)N=C(Nc1ccc2c(c1)C[N+]1=NC3NC(=Nc4[nH]c(c5cc(NC(=NC(C)C)NC(C)C)ccc45)N=C4N=C(N=C21)c1cc(NC(=NC(C)C)NC(C)C)ccc14)c1cc(NC(=NC(C)C)NC(C)C)ccc13)NC(C)C. The fourth-order valence-corrected chi connectivity index (χ4v) is 9.55. The van der Waals surface area contributed by atoms with Crippen LogP contribution >= 0.6 is 0 Å². The maximum atomic E-state index is 5.56. The highest BCUT2D eigenvalue weighted by molar-refractivity contribution is 6.26. The van der Waals surface area contributed by atoms with E-state index in [9.17, 15) is 0 Å². The second kappa shape index (κ2) is 23.9. The summed E-state index contributed by atoms with van der Waals surface area (Å²) in [6.07, 6.45) is -0.561. The van der Waals surface area contributed by atoms with Gasteiger partial charge in [-0.2, -0.15) is 4.99 Å². The van der Waals surface area contributed by atoms with E-state index in [4.69, 9.17) is 45.1 Å². The highest BCUT2D eigenvalue weighted by atomic mass is 15.4. The zero-order chi connectivity index (χ0) is 57.1. The Labute approximate surface area is 471 Å². The summed E-state index contributed by atoms with van der Waals surface area (Å²) in [7, 11) is 0. The van der Waals surface area contributed by atoms with Crippen LogP contribution in [0.2, 0.25) is 0 Å². The maximum Gasteiger partial charge on any atom is 0.353 e. The molecule has 0 saturated heterocycles. The van der Waals surface area contributed by atoms with E-state index in [-0.39, 0.29) is 48.3 Å². The molecule has 0 aliphatic carbocycles. The van der Waals surface area contributed by atoms with E-state index >= 15 is 0 Å². The number of benzene rings is 4. The Morgan fingerprint density at radius 2 is 0.912 bits per heavy atom. The van der Waals surface area contributed by atoms with Crippen molar-refractivity contribution in [3.63, 3.8) is 0 Å². The van der Waals surface area contributed by atoms with Crippen LogP contribution in [-0.4, -0.2) is 105 Å². The number of nitrogens with one attached hydrogen (secondary N) is 10. The molecule has 10 N–H and O–H groups in total. The molecule has 20 nitrogen and oxygen atoms in total. The van der Waals surface area contributed by atoms with Crippen molar-refractivity contribution in [1.29, 1.82) is 0 Å². The molecule has 4 aliphatic rings. The number of aliphatic imine (C=N–C) groups is 8. The first kappa shape index (κ1) is 56.3. The van der Waals surface area contributed by atoms with Crippen molar-refractivity contribution in [1.82, 2.24) is 31.6 Å². The predicted octanol–water partition coefficient (Wildman–Crippen LogP) is 10.8. The number of hydrogen-bond acceptors (Lipinski definition) is 10. The van der Waals surface area contributed by atoms with Crippen LogP contribution in [-0.2, 0) is 6.54 Å². The molecular weight excluding hydrogens is 1000 g/mol. The van der Waals surface area contributed by atoms with Crippen LogP contribution in [0.25, 0.3) is 10.8 Å². The largest absolute Gasteiger partial charge is 0.354 e. The number of H-pyrrole nitrogens is 1. The van der Waals surface area contributed by atoms with Crippen LogP contribution in [0, 0.1) is 0 Å². The summed E-state index contributed by atoms with van der Waals surface area (Å²) in [6.45, 7) is 33.7. The third-order valence-electron chi connectivity index (χ3n) is 12.5. The molecule has 80 heavy (non-hydrogen) atoms. The summed E-state index contributed by atoms with van der Waals surface area (Å²) in [6, 6.07) is 25.9. The second-order valence-corrected chi connectivity index (χ2v) is 23.0. The fourth-order valence-electron chi connectivity index (χ4n) is 9.55. The van der Waals surface area contributed by atoms with Crippen molar-refractivity contribution in [3.8, 4) is 0 Å². The number of aromatic nitrogens is 1. The monoisotopic (exact) mass is 1080 g/mol. The summed E-state index contributed by atoms with van der Waals surface area (Å²) in [4.78, 5) is 44.9. The standard InChI is InChI=1S/C60H80N20/c1-30(2)61-57(62-31(3)4)69-39-17-21-43-38(25-39)29-80-56(43)78-54-48-27-41(71-59(65-34(9)10)66-35(11)12)19-23-45(48)51(76-54)74-52-47-26-40(70-58(63-32(5)6)64-33(7)8)18-22-44(47)50(73-52)75-53-49-28-42(20-24-46(49)55(77-53)79-80)72-60(67-36(13)14)68-37(15)16/h17-28,30-37,55,79H,29H2,1-16H3,(H8,61,62,63,64,65,66,67,68,69,70,71,72,73,74,75,76,77,78)/p+1. The number of rotatable bonds is 12. The second-order valence-electron chi connectivity index (χ2n) is 23.0. The van der Waals surface area contributed by atoms with E-state index in [0.717, 1.165) is 66.9 Å². The number of guanidine groups is 4. The van der Waals surface area contributed by atoms with Crippen molar-refractivity contribution in [2.24, 2.45) is 45.1 Å². The van der Waals surface area contributed by atoms with Crippen LogP contribution in [0.15, 0.2) is 118 Å². The smallest absolute Gasteiger partial charge is 0.353 e. The van der Waals surface area contributed by atoms with Crippen molar-refractivity contribution in [2.75, 3.05) is 21.3 Å². The van der Waals surface area contributed by atoms with Gasteiger partial charge in [0.25, 0.3) is 5.84 Å². The minimum atomic E-state index is -0.561. The minimum absolute atomic E-state index is 0.0574. The molecule has 0 radical (unpaired) electrons. The van der Waals surface area contributed by atoms with Gasteiger partial charge in [-0.3, -0.25) is 20.0 Å². The summed E-state index contributed by atoms with van der Waals surface area (Å²) in [5, 5.41) is 39.2. The maximum absolute atomic E-state index is 5.56. The van der Waals surface area contributed by atoms with Gasteiger partial charge in [0.1, 0.15) is 24.0 Å². The summed E-state index contributed by atoms with van der Waals surface area (Å²) >= 11 is 0. The average Bonchev–Trinajstić information content (AvgIpc) is 4.15. The van der Waals surface area contributed by atoms with Crippen LogP contribution in [0.1, 0.15) is 150 Å². The lowest BCUT2D eigenvalue weighted by atomic mass is 10.1. The molecule has 5 aromatic rings. The van der Waals surface area contributed by atoms with E-state index in [1.165, 1.54) is 0 Å². The third-order valence-corrected chi connectivity index (χ3v) is 12.5. The fraction of sp³-hybridized carbons (Fsp3) is 0.433. The number of fused-ring (bicyclic) bond motifs is 17. The number of aromatic amines is 1. The Bertz CT molecular complexity index is 3430. The molecular formula is C60H81N20+. The molecule has 0 saturated carbocycles. The molecule has 420 valence electrons. The Morgan fingerprint density at radius 1 is 0.463 bits per heavy atom. The van der Waals surface area contributed by atoms with Gasteiger partial charge in [0.15, 0.2) is 35.8 Å². The van der Waals surface area contributed by atoms with Gasteiger partial charge in [-0.15, -0.1) is 4.70 Å². The van der Waals surface area contributed by atoms with E-state index < -0.39 is 6.17 Å². The third kappa shape index (κ3) is 13.5. The Balaban J connectivity index is 1.27. The highest BCUT2D eigenvalue weighted by Gasteiger charge is 2.39. The van der Waals surface area contributed by atoms with E-state index in [1.54, 1.807) is 0 Å². The Hall–Kier alpha value is -8.42. The molecule has 4 aromatic carbocycles. The van der Waals surface area contributed by atoms with Gasteiger partial charge < -0.3 is 52.8 Å². The molecule has 20 heteroatoms. The number of anilines is 4. The topological polar surface area (TPSA) is 238 Å². The predicted molar refractivity (Wildman–Crippen MR) is 333 cm³/mol. The lowest BCUT2D eigenvalue weighted by Crippen LogP contribution is -2.36. The van der Waals surface area contributed by atoms with Gasteiger partial charge in [0.05, 0.1) is 11.1 Å². The van der Waals surface area contributed by atoms with Crippen LogP contribution in [0.4, 0.5) is 34.4 Å². The lowest BCUT2D eigenvalue weighted by molar-refractivity contribution is -0.497. The van der Waals surface area contributed by atoms with Crippen molar-refractivity contribution in [3.05, 3.63) is 106 Å². The van der Waals surface area contributed by atoms with E-state index in [2.05, 4.69) is 224 Å². The Morgan fingerprint density at radius 3 is 1.44 bits per heavy atom. The van der Waals surface area contributed by atoms with Crippen LogP contribution < -0.4 is 47.9 Å². The van der Waals surface area contributed by atoms with Crippen LogP contribution in [0.3, 0.4) is 0 Å². The molecule has 0 fully saturated rings. The van der Waals surface area contributed by atoms with Gasteiger partial charge in [0, 0.05) is 104 Å². The van der Waals surface area contributed by atoms with Crippen molar-refractivity contribution in [2.45, 2.75) is 172 Å². The first-order valence-electron chi connectivity index (χ1n) is 28.2. The molecule has 0 spiro atoms. The quantitative estimate of drug-likeness (QED) is 0.0324. The number of amidine groups is 4. The summed E-state index contributed by atoms with van der Waals surface area (Å²) < 4.78 is 1.99. The Kier molecular flexibility index (Phi) is 16.8. The molecule has 1 atom stereocenters. The number of azo groups is 2. The van der Waals surface area contributed by atoms with Crippen LogP contribution in [0.5, 0.6) is 0 Å². The average molecular weight is 1080 g/mol. The van der Waals surface area contributed by atoms with Gasteiger partial charge in [0.2, 0.25) is 0 Å².